The predicted molar refractivity (Wildman–Crippen MR) is 195 cm³/mol. The Morgan fingerprint density at radius 3 is 1.29 bits per heavy atom. The summed E-state index contributed by atoms with van der Waals surface area (Å²) in [5.74, 6) is 1.76. The van der Waals surface area contributed by atoms with Crippen LogP contribution in [0.5, 0.6) is 0 Å². The third kappa shape index (κ3) is 4.95. The first-order valence-corrected chi connectivity index (χ1v) is 15.9. The first kappa shape index (κ1) is 27.7. The van der Waals surface area contributed by atoms with Gasteiger partial charge in [-0.05, 0) is 97.0 Å². The summed E-state index contributed by atoms with van der Waals surface area (Å²) < 4.78 is 0. The molecule has 9 rings (SSSR count). The number of pyridine rings is 2. The highest BCUT2D eigenvalue weighted by Gasteiger charge is 2.16. The lowest BCUT2D eigenvalue weighted by atomic mass is 9.89. The summed E-state index contributed by atoms with van der Waals surface area (Å²) in [6, 6.07) is 49.0. The fourth-order valence-electron chi connectivity index (χ4n) is 6.52. The van der Waals surface area contributed by atoms with Crippen LogP contribution in [0.3, 0.4) is 0 Å². The first-order valence-electron chi connectivity index (χ1n) is 15.9. The van der Waals surface area contributed by atoms with E-state index < -0.39 is 0 Å². The smallest absolute Gasteiger partial charge is 0.165 e. The van der Waals surface area contributed by atoms with Gasteiger partial charge < -0.3 is 0 Å². The zero-order valence-corrected chi connectivity index (χ0v) is 25.8. The van der Waals surface area contributed by atoms with Gasteiger partial charge in [-0.3, -0.25) is 9.97 Å². The minimum absolute atomic E-state index is 0.573. The molecule has 0 spiro atoms. The summed E-state index contributed by atoms with van der Waals surface area (Å²) in [5.41, 5.74) is 7.39. The van der Waals surface area contributed by atoms with Crippen molar-refractivity contribution in [2.45, 2.75) is 0 Å². The Morgan fingerprint density at radius 2 is 0.729 bits per heavy atom. The molecule has 0 N–H and O–H groups in total. The van der Waals surface area contributed by atoms with Gasteiger partial charge in [0.1, 0.15) is 0 Å². The summed E-state index contributed by atoms with van der Waals surface area (Å²) in [5, 5.41) is 7.15. The van der Waals surface area contributed by atoms with Crippen molar-refractivity contribution in [3.8, 4) is 56.4 Å². The molecule has 5 nitrogen and oxygen atoms in total. The Balaban J connectivity index is 1.30. The summed E-state index contributed by atoms with van der Waals surface area (Å²) in [4.78, 5) is 23.3. The molecule has 0 aliphatic heterocycles. The van der Waals surface area contributed by atoms with E-state index in [1.165, 1.54) is 49.2 Å². The topological polar surface area (TPSA) is 64.5 Å². The van der Waals surface area contributed by atoms with Gasteiger partial charge >= 0.3 is 0 Å². The molecule has 0 saturated carbocycles. The summed E-state index contributed by atoms with van der Waals surface area (Å²) in [6.07, 6.45) is 7.04. The molecule has 0 aliphatic rings. The van der Waals surface area contributed by atoms with E-state index in [1.807, 2.05) is 24.3 Å². The first-order chi connectivity index (χ1) is 23.8. The molecular formula is C43H27N5. The van der Waals surface area contributed by atoms with Crippen molar-refractivity contribution >= 4 is 32.3 Å². The summed E-state index contributed by atoms with van der Waals surface area (Å²) in [6.45, 7) is 0. The maximum Gasteiger partial charge on any atom is 0.165 e. The van der Waals surface area contributed by atoms with Crippen molar-refractivity contribution in [2.24, 2.45) is 0 Å². The van der Waals surface area contributed by atoms with Crippen LogP contribution in [0.2, 0.25) is 0 Å². The second-order valence-corrected chi connectivity index (χ2v) is 11.8. The molecule has 0 atom stereocenters. The standard InChI is InChI=1S/C43H27N5/c1-3-8-28(9-4-1)31-13-16-36-35-18-15-33(26-38(35)37-17-14-32(25-40(37)39(36)24-31)29-10-5-2-6-11-29)42-46-41(30-19-22-44-23-20-30)47-43(48-42)34-12-7-21-45-27-34/h1-27H. The second-order valence-electron chi connectivity index (χ2n) is 11.8. The van der Waals surface area contributed by atoms with Gasteiger partial charge in [0.2, 0.25) is 0 Å². The maximum absolute atomic E-state index is 4.98. The molecule has 3 aromatic heterocycles. The molecule has 6 aromatic carbocycles. The Kier molecular flexibility index (Phi) is 6.72. The van der Waals surface area contributed by atoms with E-state index in [0.29, 0.717) is 17.5 Å². The SMILES string of the molecule is c1ccc(-c2ccc3c4ccc(-c5nc(-c6ccncc6)nc(-c6cccnc6)n5)cc4c4ccc(-c5ccccc5)cc4c3c2)cc1. The number of hydrogen-bond acceptors (Lipinski definition) is 5. The molecule has 0 fully saturated rings. The van der Waals surface area contributed by atoms with E-state index in [-0.39, 0.29) is 0 Å². The van der Waals surface area contributed by atoms with Crippen LogP contribution in [-0.2, 0) is 0 Å². The number of aromatic nitrogens is 5. The molecule has 5 heteroatoms. The monoisotopic (exact) mass is 613 g/mol. The largest absolute Gasteiger partial charge is 0.265 e. The highest BCUT2D eigenvalue weighted by Crippen LogP contribution is 2.40. The van der Waals surface area contributed by atoms with Gasteiger partial charge in [-0.1, -0.05) is 97.1 Å². The number of fused-ring (bicyclic) bond motifs is 6. The quantitative estimate of drug-likeness (QED) is 0.181. The minimum Gasteiger partial charge on any atom is -0.265 e. The van der Waals surface area contributed by atoms with Crippen molar-refractivity contribution < 1.29 is 0 Å². The van der Waals surface area contributed by atoms with E-state index in [0.717, 1.165) is 22.1 Å². The molecule has 0 radical (unpaired) electrons. The molecule has 0 amide bonds. The predicted octanol–water partition coefficient (Wildman–Crippen LogP) is 10.5. The molecule has 224 valence electrons. The van der Waals surface area contributed by atoms with Gasteiger partial charge in [0.05, 0.1) is 0 Å². The van der Waals surface area contributed by atoms with Crippen molar-refractivity contribution in [3.63, 3.8) is 0 Å². The lowest BCUT2D eigenvalue weighted by Crippen LogP contribution is -2.00. The second kappa shape index (κ2) is 11.6. The van der Waals surface area contributed by atoms with Crippen molar-refractivity contribution in [3.05, 3.63) is 164 Å². The van der Waals surface area contributed by atoms with Gasteiger partial charge in [0, 0.05) is 41.5 Å². The molecule has 0 aliphatic carbocycles. The molecule has 0 bridgehead atoms. The highest BCUT2D eigenvalue weighted by molar-refractivity contribution is 6.26. The average molecular weight is 614 g/mol. The van der Waals surface area contributed by atoms with Crippen LogP contribution < -0.4 is 0 Å². The van der Waals surface area contributed by atoms with Crippen LogP contribution in [0, 0.1) is 0 Å². The Bertz CT molecular complexity index is 2530. The average Bonchev–Trinajstić information content (AvgIpc) is 3.18. The zero-order chi connectivity index (χ0) is 31.9. The van der Waals surface area contributed by atoms with E-state index in [2.05, 4.69) is 125 Å². The van der Waals surface area contributed by atoms with E-state index >= 15 is 0 Å². The minimum atomic E-state index is 0.573. The fraction of sp³-hybridized carbons (Fsp3) is 0. The molecule has 48 heavy (non-hydrogen) atoms. The number of benzene rings is 6. The number of hydrogen-bond donors (Lipinski definition) is 0. The third-order valence-corrected chi connectivity index (χ3v) is 8.90. The van der Waals surface area contributed by atoms with E-state index in [4.69, 9.17) is 15.0 Å². The number of nitrogens with zero attached hydrogens (tertiary/aromatic N) is 5. The summed E-state index contributed by atoms with van der Waals surface area (Å²) >= 11 is 0. The highest BCUT2D eigenvalue weighted by atomic mass is 15.0. The van der Waals surface area contributed by atoms with E-state index in [1.54, 1.807) is 24.8 Å². The Morgan fingerprint density at radius 1 is 0.271 bits per heavy atom. The van der Waals surface area contributed by atoms with Crippen LogP contribution >= 0.6 is 0 Å². The van der Waals surface area contributed by atoms with Gasteiger partial charge in [-0.25, -0.2) is 15.0 Å². The van der Waals surface area contributed by atoms with Gasteiger partial charge in [-0.15, -0.1) is 0 Å². The maximum atomic E-state index is 4.98. The van der Waals surface area contributed by atoms with Crippen molar-refractivity contribution in [1.29, 1.82) is 0 Å². The lowest BCUT2D eigenvalue weighted by Gasteiger charge is -2.15. The Labute approximate surface area is 277 Å². The van der Waals surface area contributed by atoms with Gasteiger partial charge in [0.15, 0.2) is 17.5 Å². The molecule has 0 saturated heterocycles. The molecular weight excluding hydrogens is 587 g/mol. The molecule has 9 aromatic rings. The number of rotatable bonds is 5. The molecule has 0 unspecified atom stereocenters. The lowest BCUT2D eigenvalue weighted by molar-refractivity contribution is 1.07. The van der Waals surface area contributed by atoms with Crippen LogP contribution in [0.25, 0.3) is 88.7 Å². The fourth-order valence-corrected chi connectivity index (χ4v) is 6.52. The van der Waals surface area contributed by atoms with Gasteiger partial charge in [0.25, 0.3) is 0 Å². The van der Waals surface area contributed by atoms with Crippen molar-refractivity contribution in [1.82, 2.24) is 24.9 Å². The summed E-state index contributed by atoms with van der Waals surface area (Å²) in [7, 11) is 0. The third-order valence-electron chi connectivity index (χ3n) is 8.90. The normalized spacial score (nSPS) is 11.3. The van der Waals surface area contributed by atoms with Crippen LogP contribution in [-0.4, -0.2) is 24.9 Å². The van der Waals surface area contributed by atoms with Crippen LogP contribution in [0.4, 0.5) is 0 Å². The van der Waals surface area contributed by atoms with Crippen LogP contribution in [0.15, 0.2) is 164 Å². The van der Waals surface area contributed by atoms with E-state index in [9.17, 15) is 0 Å². The van der Waals surface area contributed by atoms with Crippen LogP contribution in [0.1, 0.15) is 0 Å². The Hall–Kier alpha value is -6.59. The van der Waals surface area contributed by atoms with Crippen molar-refractivity contribution in [2.75, 3.05) is 0 Å². The molecule has 3 heterocycles. The zero-order valence-electron chi connectivity index (χ0n) is 25.8. The van der Waals surface area contributed by atoms with Gasteiger partial charge in [-0.2, -0.15) is 0 Å².